The van der Waals surface area contributed by atoms with Crippen molar-refractivity contribution in [1.82, 2.24) is 9.80 Å². The van der Waals surface area contributed by atoms with Gasteiger partial charge in [-0.15, -0.1) is 0 Å². The van der Waals surface area contributed by atoms with Crippen LogP contribution in [-0.2, 0) is 9.59 Å². The Morgan fingerprint density at radius 2 is 1.61 bits per heavy atom. The van der Waals surface area contributed by atoms with Crippen LogP contribution in [0.3, 0.4) is 0 Å². The highest BCUT2D eigenvalue weighted by Gasteiger charge is 2.35. The van der Waals surface area contributed by atoms with Crippen molar-refractivity contribution < 1.29 is 9.59 Å². The summed E-state index contributed by atoms with van der Waals surface area (Å²) in [6.07, 6.45) is 3.67. The van der Waals surface area contributed by atoms with E-state index in [0.29, 0.717) is 0 Å². The first-order valence-electron chi connectivity index (χ1n) is 8.54. The van der Waals surface area contributed by atoms with Gasteiger partial charge >= 0.3 is 0 Å². The van der Waals surface area contributed by atoms with Crippen molar-refractivity contribution in [3.63, 3.8) is 0 Å². The van der Waals surface area contributed by atoms with Gasteiger partial charge in [0, 0.05) is 19.0 Å². The van der Waals surface area contributed by atoms with Crippen molar-refractivity contribution in [3.8, 4) is 0 Å². The average molecular weight is 315 g/mol. The van der Waals surface area contributed by atoms with Crippen LogP contribution in [0.5, 0.6) is 0 Å². The van der Waals surface area contributed by atoms with E-state index in [1.807, 2.05) is 35.2 Å². The molecule has 0 aliphatic carbocycles. The smallest absolute Gasteiger partial charge is 0.244 e. The Morgan fingerprint density at radius 1 is 1.00 bits per heavy atom. The molecule has 1 aromatic carbocycles. The molecule has 124 valence electrons. The standard InChI is InChI=1S/C18H25N3O2/c19-17(22)15-8-12-20(13-9-15)16(14-6-2-1-3-7-14)18(23)21-10-4-5-11-21/h1-3,6-7,15-16H,4-5,8-13H2,(H2,19,22)/t16-/m1/s1. The molecule has 5 nitrogen and oxygen atoms in total. The second-order valence-corrected chi connectivity index (χ2v) is 6.56. The summed E-state index contributed by atoms with van der Waals surface area (Å²) < 4.78 is 0. The van der Waals surface area contributed by atoms with Gasteiger partial charge in [-0.25, -0.2) is 0 Å². The molecule has 1 aromatic rings. The average Bonchev–Trinajstić information content (AvgIpc) is 3.11. The molecule has 0 bridgehead atoms. The van der Waals surface area contributed by atoms with Gasteiger partial charge in [0.15, 0.2) is 0 Å². The zero-order valence-corrected chi connectivity index (χ0v) is 13.5. The van der Waals surface area contributed by atoms with E-state index in [2.05, 4.69) is 4.90 Å². The highest BCUT2D eigenvalue weighted by molar-refractivity contribution is 5.83. The number of hydrogen-bond donors (Lipinski definition) is 1. The van der Waals surface area contributed by atoms with Crippen LogP contribution < -0.4 is 5.73 Å². The largest absolute Gasteiger partial charge is 0.369 e. The van der Waals surface area contributed by atoms with E-state index >= 15 is 0 Å². The zero-order valence-electron chi connectivity index (χ0n) is 13.5. The van der Waals surface area contributed by atoms with Gasteiger partial charge in [-0.3, -0.25) is 14.5 Å². The molecule has 3 rings (SSSR count). The predicted molar refractivity (Wildman–Crippen MR) is 88.5 cm³/mol. The SMILES string of the molecule is NC(=O)C1CCN([C@@H](C(=O)N2CCCC2)c2ccccc2)CC1. The third-order valence-electron chi connectivity index (χ3n) is 5.06. The Balaban J connectivity index is 1.78. The van der Waals surface area contributed by atoms with Crippen molar-refractivity contribution >= 4 is 11.8 Å². The molecule has 23 heavy (non-hydrogen) atoms. The molecule has 0 radical (unpaired) electrons. The lowest BCUT2D eigenvalue weighted by Crippen LogP contribution is -2.46. The number of rotatable bonds is 4. The van der Waals surface area contributed by atoms with E-state index in [-0.39, 0.29) is 23.8 Å². The molecule has 2 aliphatic heterocycles. The third kappa shape index (κ3) is 3.55. The van der Waals surface area contributed by atoms with E-state index in [4.69, 9.17) is 5.73 Å². The Labute approximate surface area is 137 Å². The van der Waals surface area contributed by atoms with E-state index in [0.717, 1.165) is 57.4 Å². The van der Waals surface area contributed by atoms with Gasteiger partial charge in [-0.2, -0.15) is 0 Å². The number of benzene rings is 1. The van der Waals surface area contributed by atoms with Crippen molar-refractivity contribution in [3.05, 3.63) is 35.9 Å². The number of amides is 2. The van der Waals surface area contributed by atoms with Crippen LogP contribution in [-0.4, -0.2) is 47.8 Å². The third-order valence-corrected chi connectivity index (χ3v) is 5.06. The van der Waals surface area contributed by atoms with Gasteiger partial charge in [0.2, 0.25) is 11.8 Å². The van der Waals surface area contributed by atoms with Gasteiger partial charge in [0.1, 0.15) is 6.04 Å². The lowest BCUT2D eigenvalue weighted by Gasteiger charge is -2.37. The van der Waals surface area contributed by atoms with Crippen molar-refractivity contribution in [2.75, 3.05) is 26.2 Å². The molecule has 1 atom stereocenters. The van der Waals surface area contributed by atoms with Gasteiger partial charge in [-0.05, 0) is 44.3 Å². The molecule has 2 N–H and O–H groups in total. The minimum atomic E-state index is -0.233. The number of carbonyl (C=O) groups is 2. The molecule has 2 amide bonds. The summed E-state index contributed by atoms with van der Waals surface area (Å²) in [5, 5.41) is 0. The Bertz CT molecular complexity index is 547. The fourth-order valence-corrected chi connectivity index (χ4v) is 3.70. The number of hydrogen-bond acceptors (Lipinski definition) is 3. The van der Waals surface area contributed by atoms with Crippen molar-refractivity contribution in [2.24, 2.45) is 11.7 Å². The highest BCUT2D eigenvalue weighted by Crippen LogP contribution is 2.29. The molecule has 2 heterocycles. The van der Waals surface area contributed by atoms with Crippen LogP contribution in [0.15, 0.2) is 30.3 Å². The number of piperidine rings is 1. The maximum absolute atomic E-state index is 13.1. The first-order valence-corrected chi connectivity index (χ1v) is 8.54. The monoisotopic (exact) mass is 315 g/mol. The molecule has 2 aliphatic rings. The number of nitrogens with zero attached hydrogens (tertiary/aromatic N) is 2. The van der Waals surface area contributed by atoms with E-state index in [1.54, 1.807) is 0 Å². The summed E-state index contributed by atoms with van der Waals surface area (Å²) in [5.74, 6) is -0.0671. The first-order chi connectivity index (χ1) is 11.2. The van der Waals surface area contributed by atoms with Gasteiger partial charge in [0.25, 0.3) is 0 Å². The Kier molecular flexibility index (Phi) is 4.96. The molecule has 0 unspecified atom stereocenters. The lowest BCUT2D eigenvalue weighted by atomic mass is 9.93. The van der Waals surface area contributed by atoms with Crippen molar-refractivity contribution in [2.45, 2.75) is 31.7 Å². The van der Waals surface area contributed by atoms with Gasteiger partial charge < -0.3 is 10.6 Å². The number of carbonyl (C=O) groups excluding carboxylic acids is 2. The second kappa shape index (κ2) is 7.13. The van der Waals surface area contributed by atoms with Crippen LogP contribution in [0.2, 0.25) is 0 Å². The molecule has 0 aromatic heterocycles. The summed E-state index contributed by atoms with van der Waals surface area (Å²) in [5.41, 5.74) is 6.47. The minimum absolute atomic E-state index is 0.0513. The summed E-state index contributed by atoms with van der Waals surface area (Å²) in [7, 11) is 0. The van der Waals surface area contributed by atoms with Gasteiger partial charge in [-0.1, -0.05) is 30.3 Å². The quantitative estimate of drug-likeness (QED) is 0.916. The molecule has 2 saturated heterocycles. The second-order valence-electron chi connectivity index (χ2n) is 6.56. The van der Waals surface area contributed by atoms with Crippen LogP contribution in [0.25, 0.3) is 0 Å². The molecular formula is C18H25N3O2. The number of nitrogens with two attached hydrogens (primary N) is 1. The molecule has 5 heteroatoms. The number of primary amides is 1. The summed E-state index contributed by atoms with van der Waals surface area (Å²) in [6.45, 7) is 3.21. The van der Waals surface area contributed by atoms with Crippen LogP contribution in [0.1, 0.15) is 37.3 Å². The lowest BCUT2D eigenvalue weighted by molar-refractivity contribution is -0.137. The maximum atomic E-state index is 13.1. The minimum Gasteiger partial charge on any atom is -0.369 e. The van der Waals surface area contributed by atoms with Crippen LogP contribution >= 0.6 is 0 Å². The Hall–Kier alpha value is -1.88. The predicted octanol–water partition coefficient (Wildman–Crippen LogP) is 1.55. The zero-order chi connectivity index (χ0) is 16.2. The summed E-state index contributed by atoms with van der Waals surface area (Å²) in [6, 6.07) is 9.76. The van der Waals surface area contributed by atoms with Crippen LogP contribution in [0.4, 0.5) is 0 Å². The fraction of sp³-hybridized carbons (Fsp3) is 0.556. The van der Waals surface area contributed by atoms with Crippen molar-refractivity contribution in [1.29, 1.82) is 0 Å². The molecule has 0 spiro atoms. The summed E-state index contributed by atoms with van der Waals surface area (Å²) in [4.78, 5) is 28.6. The van der Waals surface area contributed by atoms with Crippen LogP contribution in [0, 0.1) is 5.92 Å². The molecular weight excluding hydrogens is 290 g/mol. The molecule has 0 saturated carbocycles. The van der Waals surface area contributed by atoms with E-state index in [1.165, 1.54) is 0 Å². The maximum Gasteiger partial charge on any atom is 0.244 e. The Morgan fingerprint density at radius 3 is 2.17 bits per heavy atom. The number of likely N-dealkylation sites (tertiary alicyclic amines) is 2. The molecule has 2 fully saturated rings. The van der Waals surface area contributed by atoms with Gasteiger partial charge in [0.05, 0.1) is 0 Å². The van der Waals surface area contributed by atoms with E-state index < -0.39 is 0 Å². The normalized spacial score (nSPS) is 21.3. The van der Waals surface area contributed by atoms with E-state index in [9.17, 15) is 9.59 Å². The fourth-order valence-electron chi connectivity index (χ4n) is 3.70. The first kappa shape index (κ1) is 16.0. The summed E-state index contributed by atoms with van der Waals surface area (Å²) >= 11 is 0. The topological polar surface area (TPSA) is 66.6 Å². The highest BCUT2D eigenvalue weighted by atomic mass is 16.2.